The molecule has 1 aromatic carbocycles. The number of sulfonamides is 1. The maximum atomic E-state index is 13.6. The minimum atomic E-state index is -3.93. The number of benzene rings is 1. The molecule has 0 aliphatic heterocycles. The van der Waals surface area contributed by atoms with Crippen LogP contribution >= 0.6 is 23.2 Å². The molecule has 0 spiro atoms. The quantitative estimate of drug-likeness (QED) is 0.736. The third kappa shape index (κ3) is 5.07. The van der Waals surface area contributed by atoms with Gasteiger partial charge in [-0.1, -0.05) is 37.0 Å². The molecule has 0 unspecified atom stereocenters. The van der Waals surface area contributed by atoms with Gasteiger partial charge in [-0.05, 0) is 30.4 Å². The summed E-state index contributed by atoms with van der Waals surface area (Å²) in [4.78, 5) is -0.343. The Labute approximate surface area is 134 Å². The molecule has 0 saturated heterocycles. The zero-order valence-electron chi connectivity index (χ0n) is 11.8. The van der Waals surface area contributed by atoms with E-state index in [1.807, 2.05) is 13.8 Å². The molecule has 8 heteroatoms. The summed E-state index contributed by atoms with van der Waals surface area (Å²) in [6.45, 7) is 3.94. The number of halogens is 3. The van der Waals surface area contributed by atoms with Crippen molar-refractivity contribution < 1.29 is 17.9 Å². The Morgan fingerprint density at radius 1 is 1.33 bits per heavy atom. The van der Waals surface area contributed by atoms with Crippen LogP contribution < -0.4 is 4.72 Å². The lowest BCUT2D eigenvalue weighted by molar-refractivity contribution is 0.242. The van der Waals surface area contributed by atoms with Crippen LogP contribution in [0.1, 0.15) is 26.7 Å². The monoisotopic (exact) mass is 357 g/mol. The highest BCUT2D eigenvalue weighted by Crippen LogP contribution is 2.30. The fourth-order valence-electron chi connectivity index (χ4n) is 1.73. The van der Waals surface area contributed by atoms with Gasteiger partial charge in [0, 0.05) is 13.2 Å². The van der Waals surface area contributed by atoms with Gasteiger partial charge in [-0.15, -0.1) is 0 Å². The Bertz CT molecular complexity index is 606. The van der Waals surface area contributed by atoms with Crippen molar-refractivity contribution in [3.05, 3.63) is 28.0 Å². The first-order valence-corrected chi connectivity index (χ1v) is 8.59. The van der Waals surface area contributed by atoms with Gasteiger partial charge in [-0.2, -0.15) is 0 Å². The molecule has 21 heavy (non-hydrogen) atoms. The number of nitrogens with one attached hydrogen (secondary N) is 1. The predicted octanol–water partition coefficient (Wildman–Crippen LogP) is 3.21. The molecule has 0 aliphatic carbocycles. The van der Waals surface area contributed by atoms with E-state index in [1.165, 1.54) is 0 Å². The van der Waals surface area contributed by atoms with Crippen molar-refractivity contribution in [1.29, 1.82) is 0 Å². The average Bonchev–Trinajstić information content (AvgIpc) is 2.40. The van der Waals surface area contributed by atoms with Crippen molar-refractivity contribution in [2.75, 3.05) is 13.2 Å². The van der Waals surface area contributed by atoms with Gasteiger partial charge in [0.1, 0.15) is 4.90 Å². The second kappa shape index (κ2) is 7.24. The molecular formula is C13H18Cl2FNO3S. The predicted molar refractivity (Wildman–Crippen MR) is 81.7 cm³/mol. The average molecular weight is 358 g/mol. The van der Waals surface area contributed by atoms with Gasteiger partial charge in [0.25, 0.3) is 0 Å². The fraction of sp³-hybridized carbons (Fsp3) is 0.538. The summed E-state index contributed by atoms with van der Waals surface area (Å²) in [7, 11) is -3.93. The zero-order valence-corrected chi connectivity index (χ0v) is 14.1. The normalized spacial score (nSPS) is 12.7. The maximum Gasteiger partial charge on any atom is 0.242 e. The highest BCUT2D eigenvalue weighted by molar-refractivity contribution is 7.89. The van der Waals surface area contributed by atoms with Gasteiger partial charge in [0.05, 0.1) is 10.0 Å². The Hall–Kier alpha value is -0.400. The van der Waals surface area contributed by atoms with Crippen LogP contribution in [0.25, 0.3) is 0 Å². The minimum Gasteiger partial charge on any atom is -0.396 e. The van der Waals surface area contributed by atoms with Crippen LogP contribution in [-0.4, -0.2) is 26.7 Å². The molecule has 0 amide bonds. The summed E-state index contributed by atoms with van der Waals surface area (Å²) in [5, 5.41) is 8.06. The molecule has 0 aliphatic rings. The van der Waals surface area contributed by atoms with Crippen LogP contribution in [-0.2, 0) is 10.0 Å². The first kappa shape index (κ1) is 18.6. The van der Waals surface area contributed by atoms with E-state index >= 15 is 0 Å². The van der Waals surface area contributed by atoms with Crippen molar-refractivity contribution in [2.45, 2.75) is 31.6 Å². The fourth-order valence-corrected chi connectivity index (χ4v) is 3.71. The largest absolute Gasteiger partial charge is 0.396 e. The molecule has 120 valence electrons. The van der Waals surface area contributed by atoms with Crippen LogP contribution in [0.5, 0.6) is 0 Å². The molecule has 0 saturated carbocycles. The minimum absolute atomic E-state index is 0.0460. The number of rotatable bonds is 7. The van der Waals surface area contributed by atoms with Crippen LogP contribution in [0.3, 0.4) is 0 Å². The second-order valence-corrected chi connectivity index (χ2v) is 8.01. The molecule has 0 atom stereocenters. The number of hydrogen-bond donors (Lipinski definition) is 2. The summed E-state index contributed by atoms with van der Waals surface area (Å²) < 4.78 is 40.4. The first-order chi connectivity index (χ1) is 9.60. The zero-order chi connectivity index (χ0) is 16.3. The van der Waals surface area contributed by atoms with Gasteiger partial charge < -0.3 is 5.11 Å². The van der Waals surface area contributed by atoms with E-state index in [0.29, 0.717) is 12.8 Å². The summed E-state index contributed by atoms with van der Waals surface area (Å²) in [5.41, 5.74) is -0.340. The van der Waals surface area contributed by atoms with Gasteiger partial charge in [-0.3, -0.25) is 0 Å². The SMILES string of the molecule is CC(C)(CCCO)CNS(=O)(=O)c1ccc(Cl)c(F)c1Cl. The van der Waals surface area contributed by atoms with E-state index in [1.54, 1.807) is 0 Å². The topological polar surface area (TPSA) is 66.4 Å². The Kier molecular flexibility index (Phi) is 6.43. The Morgan fingerprint density at radius 3 is 2.52 bits per heavy atom. The van der Waals surface area contributed by atoms with Gasteiger partial charge in [-0.25, -0.2) is 17.5 Å². The van der Waals surface area contributed by atoms with Crippen LogP contribution in [0.2, 0.25) is 10.0 Å². The molecular weight excluding hydrogens is 340 g/mol. The van der Waals surface area contributed by atoms with Gasteiger partial charge in [0.15, 0.2) is 5.82 Å². The number of aliphatic hydroxyl groups excluding tert-OH is 1. The van der Waals surface area contributed by atoms with Gasteiger partial charge in [0.2, 0.25) is 10.0 Å². The van der Waals surface area contributed by atoms with Gasteiger partial charge >= 0.3 is 0 Å². The molecule has 1 aromatic rings. The standard InChI is InChI=1S/C13H18Cl2FNO3S/c1-13(2,6-3-7-18)8-17-21(19,20)10-5-4-9(14)12(16)11(10)15/h4-5,17-18H,3,6-8H2,1-2H3. The first-order valence-electron chi connectivity index (χ1n) is 6.35. The molecule has 0 aromatic heterocycles. The molecule has 0 heterocycles. The van der Waals surface area contributed by atoms with E-state index in [0.717, 1.165) is 12.1 Å². The lowest BCUT2D eigenvalue weighted by Crippen LogP contribution is -2.34. The highest BCUT2D eigenvalue weighted by atomic mass is 35.5. The third-order valence-electron chi connectivity index (χ3n) is 3.04. The molecule has 0 bridgehead atoms. The van der Waals surface area contributed by atoms with Crippen LogP contribution in [0.15, 0.2) is 17.0 Å². The number of hydrogen-bond acceptors (Lipinski definition) is 3. The van der Waals surface area contributed by atoms with E-state index in [9.17, 15) is 12.8 Å². The van der Waals surface area contributed by atoms with E-state index in [2.05, 4.69) is 4.72 Å². The highest BCUT2D eigenvalue weighted by Gasteiger charge is 2.25. The summed E-state index contributed by atoms with van der Waals surface area (Å²) in [5.74, 6) is -0.958. The lowest BCUT2D eigenvalue weighted by Gasteiger charge is -2.24. The number of aliphatic hydroxyl groups is 1. The van der Waals surface area contributed by atoms with Crippen LogP contribution in [0.4, 0.5) is 4.39 Å². The van der Waals surface area contributed by atoms with Crippen LogP contribution in [0, 0.1) is 11.2 Å². The summed E-state index contributed by atoms with van der Waals surface area (Å²) in [6, 6.07) is 2.31. The maximum absolute atomic E-state index is 13.6. The lowest BCUT2D eigenvalue weighted by atomic mass is 9.88. The summed E-state index contributed by atoms with van der Waals surface area (Å²) in [6.07, 6.45) is 1.22. The van der Waals surface area contributed by atoms with Crippen molar-refractivity contribution in [3.63, 3.8) is 0 Å². The van der Waals surface area contributed by atoms with E-state index in [-0.39, 0.29) is 28.5 Å². The second-order valence-electron chi connectivity index (χ2n) is 5.49. The van der Waals surface area contributed by atoms with E-state index in [4.69, 9.17) is 28.3 Å². The van der Waals surface area contributed by atoms with Crippen molar-refractivity contribution >= 4 is 33.2 Å². The van der Waals surface area contributed by atoms with E-state index < -0.39 is 20.9 Å². The third-order valence-corrected chi connectivity index (χ3v) is 5.26. The molecule has 0 radical (unpaired) electrons. The van der Waals surface area contributed by atoms with Crippen molar-refractivity contribution in [3.8, 4) is 0 Å². The molecule has 4 nitrogen and oxygen atoms in total. The van der Waals surface area contributed by atoms with Crippen molar-refractivity contribution in [1.82, 2.24) is 4.72 Å². The Morgan fingerprint density at radius 2 is 1.95 bits per heavy atom. The molecule has 0 fully saturated rings. The van der Waals surface area contributed by atoms with Crippen molar-refractivity contribution in [2.24, 2.45) is 5.41 Å². The Balaban J connectivity index is 2.91. The molecule has 1 rings (SSSR count). The smallest absolute Gasteiger partial charge is 0.242 e. The molecule has 2 N–H and O–H groups in total. The summed E-state index contributed by atoms with van der Waals surface area (Å²) >= 11 is 11.2.